The quantitative estimate of drug-likeness (QED) is 0.327. The van der Waals surface area contributed by atoms with E-state index in [0.29, 0.717) is 5.56 Å². The number of carbonyl (C=O) groups excluding carboxylic acids is 1. The molecule has 1 aromatic heterocycles. The first-order valence-electron chi connectivity index (χ1n) is 11.6. The van der Waals surface area contributed by atoms with E-state index in [1.54, 1.807) is 46.8 Å². The summed E-state index contributed by atoms with van der Waals surface area (Å²) in [7, 11) is 2.71. The van der Waals surface area contributed by atoms with Crippen molar-refractivity contribution in [3.8, 4) is 11.6 Å². The third-order valence-corrected chi connectivity index (χ3v) is 5.85. The Bertz CT molecular complexity index is 1310. The Morgan fingerprint density at radius 3 is 2.24 bits per heavy atom. The molecule has 2 aromatic carbocycles. The van der Waals surface area contributed by atoms with E-state index in [9.17, 15) is 18.0 Å². The molecule has 0 spiro atoms. The fourth-order valence-corrected chi connectivity index (χ4v) is 4.06. The summed E-state index contributed by atoms with van der Waals surface area (Å²) in [5, 5.41) is 4.37. The van der Waals surface area contributed by atoms with Crippen LogP contribution in [0, 0.1) is 13.8 Å². The Morgan fingerprint density at radius 2 is 1.68 bits per heavy atom. The van der Waals surface area contributed by atoms with Crippen molar-refractivity contribution in [1.29, 1.82) is 0 Å². The van der Waals surface area contributed by atoms with Crippen LogP contribution in [-0.2, 0) is 24.6 Å². The van der Waals surface area contributed by atoms with Gasteiger partial charge in [-0.1, -0.05) is 50.6 Å². The topological polar surface area (TPSA) is 47.4 Å². The highest BCUT2D eigenvalue weighted by molar-refractivity contribution is 5.98. The van der Waals surface area contributed by atoms with Crippen molar-refractivity contribution in [3.63, 3.8) is 0 Å². The summed E-state index contributed by atoms with van der Waals surface area (Å²) in [6.07, 6.45) is -4.60. The van der Waals surface area contributed by atoms with Gasteiger partial charge in [0, 0.05) is 25.1 Å². The van der Waals surface area contributed by atoms with E-state index in [0.717, 1.165) is 22.6 Å². The van der Waals surface area contributed by atoms with E-state index in [1.807, 2.05) is 0 Å². The van der Waals surface area contributed by atoms with Crippen LogP contribution in [0.5, 0.6) is 11.6 Å². The van der Waals surface area contributed by atoms with Gasteiger partial charge in [-0.25, -0.2) is 4.68 Å². The Kier molecular flexibility index (Phi) is 7.45. The normalized spacial score (nSPS) is 12.5. The minimum absolute atomic E-state index is 0.0914. The van der Waals surface area contributed by atoms with Crippen molar-refractivity contribution in [1.82, 2.24) is 14.7 Å². The second-order valence-electron chi connectivity index (χ2n) is 10.2. The minimum Gasteiger partial charge on any atom is -0.438 e. The number of aryl methyl sites for hydroxylation is 3. The summed E-state index contributed by atoms with van der Waals surface area (Å²) >= 11 is 0. The zero-order valence-corrected chi connectivity index (χ0v) is 21.8. The fraction of sp³-hybridized carbons (Fsp3) is 0.407. The average molecular weight is 524 g/mol. The summed E-state index contributed by atoms with van der Waals surface area (Å²) in [5.41, 5.74) is -0.411. The number of aromatic nitrogens is 2. The maximum absolute atomic E-state index is 15.3. The molecule has 5 nitrogen and oxygen atoms in total. The second-order valence-corrected chi connectivity index (χ2v) is 10.2. The number of hydrogen-bond acceptors (Lipinski definition) is 3. The molecule has 0 aliphatic heterocycles. The molecule has 0 aliphatic rings. The first-order valence-corrected chi connectivity index (χ1v) is 11.6. The molecular formula is C27H30F5N3O2. The number of halogens is 5. The van der Waals surface area contributed by atoms with E-state index < -0.39 is 35.5 Å². The predicted octanol–water partition coefficient (Wildman–Crippen LogP) is 7.01. The van der Waals surface area contributed by atoms with Gasteiger partial charge in [0.15, 0.2) is 0 Å². The lowest BCUT2D eigenvalue weighted by molar-refractivity contribution is -0.137. The number of benzene rings is 2. The zero-order valence-electron chi connectivity index (χ0n) is 21.8. The van der Waals surface area contributed by atoms with Crippen molar-refractivity contribution in [2.45, 2.75) is 52.1 Å². The molecule has 0 radical (unpaired) electrons. The van der Waals surface area contributed by atoms with Crippen LogP contribution in [0.25, 0.3) is 0 Å². The molecule has 0 unspecified atom stereocenters. The largest absolute Gasteiger partial charge is 0.438 e. The highest BCUT2D eigenvalue weighted by Gasteiger charge is 2.39. The third-order valence-electron chi connectivity index (χ3n) is 5.85. The van der Waals surface area contributed by atoms with E-state index in [2.05, 4.69) is 5.10 Å². The Labute approximate surface area is 212 Å². The standard InChI is InChI=1S/C27H30F5N3O2/c1-16-11-12-20(17(2)13-16)26(28,29)15-34(6)23(36)21-22(25(3,4)5)33-35(7)24(21)37-19-10-8-9-18(14-19)27(30,31)32/h8-14H,15H2,1-7H3. The van der Waals surface area contributed by atoms with Gasteiger partial charge in [-0.15, -0.1) is 0 Å². The smallest absolute Gasteiger partial charge is 0.416 e. The molecule has 37 heavy (non-hydrogen) atoms. The first kappa shape index (κ1) is 28.1. The van der Waals surface area contributed by atoms with Crippen molar-refractivity contribution in [2.24, 2.45) is 7.05 Å². The molecule has 0 aliphatic carbocycles. The van der Waals surface area contributed by atoms with Gasteiger partial charge in [-0.05, 0) is 37.6 Å². The number of carbonyl (C=O) groups is 1. The highest BCUT2D eigenvalue weighted by Crippen LogP contribution is 2.38. The van der Waals surface area contributed by atoms with E-state index in [4.69, 9.17) is 4.74 Å². The van der Waals surface area contributed by atoms with Gasteiger partial charge in [-0.2, -0.15) is 27.1 Å². The molecule has 200 valence electrons. The number of ether oxygens (including phenoxy) is 1. The molecular weight excluding hydrogens is 493 g/mol. The molecule has 0 atom stereocenters. The molecule has 1 heterocycles. The van der Waals surface area contributed by atoms with Crippen molar-refractivity contribution < 1.29 is 31.5 Å². The average Bonchev–Trinajstić information content (AvgIpc) is 3.08. The number of hydrogen-bond donors (Lipinski definition) is 0. The van der Waals surface area contributed by atoms with Gasteiger partial charge in [-0.3, -0.25) is 4.79 Å². The Hall–Kier alpha value is -3.43. The van der Waals surface area contributed by atoms with E-state index >= 15 is 8.78 Å². The maximum Gasteiger partial charge on any atom is 0.416 e. The molecule has 0 saturated heterocycles. The SMILES string of the molecule is Cc1ccc(C(F)(F)CN(C)C(=O)c2c(C(C)(C)C)nn(C)c2Oc2cccc(C(F)(F)F)c2)c(C)c1. The molecule has 3 rings (SSSR count). The Morgan fingerprint density at radius 1 is 1.03 bits per heavy atom. The number of amides is 1. The van der Waals surface area contributed by atoms with Crippen LogP contribution in [-0.4, -0.2) is 34.2 Å². The van der Waals surface area contributed by atoms with Crippen molar-refractivity contribution in [2.75, 3.05) is 13.6 Å². The van der Waals surface area contributed by atoms with Gasteiger partial charge in [0.25, 0.3) is 11.8 Å². The molecule has 0 bridgehead atoms. The lowest BCUT2D eigenvalue weighted by atomic mass is 9.89. The number of likely N-dealkylation sites (N-methyl/N-ethyl adjacent to an activating group) is 1. The highest BCUT2D eigenvalue weighted by atomic mass is 19.4. The van der Waals surface area contributed by atoms with Crippen LogP contribution in [0.3, 0.4) is 0 Å². The van der Waals surface area contributed by atoms with Gasteiger partial charge in [0.2, 0.25) is 5.88 Å². The lowest BCUT2D eigenvalue weighted by Gasteiger charge is -2.27. The maximum atomic E-state index is 15.3. The van der Waals surface area contributed by atoms with Crippen LogP contribution in [0.1, 0.15) is 59.1 Å². The number of nitrogens with zero attached hydrogens (tertiary/aromatic N) is 3. The van der Waals surface area contributed by atoms with Gasteiger partial charge in [0.1, 0.15) is 11.3 Å². The van der Waals surface area contributed by atoms with E-state index in [-0.39, 0.29) is 28.5 Å². The summed E-state index contributed by atoms with van der Waals surface area (Å²) < 4.78 is 77.1. The lowest BCUT2D eigenvalue weighted by Crippen LogP contribution is -2.38. The van der Waals surface area contributed by atoms with Crippen LogP contribution in [0.15, 0.2) is 42.5 Å². The summed E-state index contributed by atoms with van der Waals surface area (Å²) in [6, 6.07) is 8.75. The van der Waals surface area contributed by atoms with Crippen LogP contribution in [0.4, 0.5) is 22.0 Å². The zero-order chi connectivity index (χ0) is 27.9. The first-order chi connectivity index (χ1) is 16.9. The van der Waals surface area contributed by atoms with Crippen LogP contribution < -0.4 is 4.74 Å². The second kappa shape index (κ2) is 9.79. The van der Waals surface area contributed by atoms with Crippen molar-refractivity contribution >= 4 is 5.91 Å². The molecule has 10 heteroatoms. The van der Waals surface area contributed by atoms with E-state index in [1.165, 1.54) is 37.0 Å². The molecule has 0 saturated carbocycles. The third kappa shape index (κ3) is 6.11. The Balaban J connectivity index is 2.02. The number of rotatable bonds is 6. The van der Waals surface area contributed by atoms with Crippen LogP contribution >= 0.6 is 0 Å². The minimum atomic E-state index is -4.60. The summed E-state index contributed by atoms with van der Waals surface area (Å²) in [5.74, 6) is -4.45. The van der Waals surface area contributed by atoms with Crippen molar-refractivity contribution in [3.05, 3.63) is 76.0 Å². The van der Waals surface area contributed by atoms with Crippen LogP contribution in [0.2, 0.25) is 0 Å². The molecule has 1 amide bonds. The monoisotopic (exact) mass is 523 g/mol. The predicted molar refractivity (Wildman–Crippen MR) is 130 cm³/mol. The molecule has 0 N–H and O–H groups in total. The number of alkyl halides is 5. The molecule has 3 aromatic rings. The summed E-state index contributed by atoms with van der Waals surface area (Å²) in [6.45, 7) is 7.81. The van der Waals surface area contributed by atoms with Gasteiger partial charge < -0.3 is 9.64 Å². The molecule has 0 fully saturated rings. The summed E-state index contributed by atoms with van der Waals surface area (Å²) in [4.78, 5) is 14.5. The van der Waals surface area contributed by atoms with Gasteiger partial charge in [0.05, 0.1) is 17.8 Å². The fourth-order valence-electron chi connectivity index (χ4n) is 4.06. The van der Waals surface area contributed by atoms with Gasteiger partial charge >= 0.3 is 6.18 Å².